The molecule has 4 rings (SSSR count). The smallest absolute Gasteiger partial charge is 0.233 e. The fraction of sp³-hybridized carbons (Fsp3) is 0.444. The fourth-order valence-electron chi connectivity index (χ4n) is 4.81. The molecule has 0 aliphatic carbocycles. The molecule has 2 heterocycles. The first-order valence-electron chi connectivity index (χ1n) is 17.7. The summed E-state index contributed by atoms with van der Waals surface area (Å²) in [6.07, 6.45) is 6.57. The number of anilines is 8. The molecule has 0 radical (unpaired) electrons. The second-order valence-corrected chi connectivity index (χ2v) is 11.8. The Kier molecular flexibility index (Phi) is 17.7. The SMILES string of the molecule is COCCCNc1nc(NCCCOC)nc(Nc2ccc(/C=C/c3ccc(Nc4nc(NCCCOC)nc(NCCCOC)n4)cc3O)c(O)c2)n1. The molecule has 2 aromatic heterocycles. The average Bonchev–Trinajstić information content (AvgIpc) is 3.16. The Balaban J connectivity index is 1.42. The first-order chi connectivity index (χ1) is 26.4. The van der Waals surface area contributed by atoms with E-state index in [1.54, 1.807) is 77.0 Å². The summed E-state index contributed by atoms with van der Waals surface area (Å²) in [5.41, 5.74) is 2.23. The monoisotopic (exact) mass is 748 g/mol. The minimum absolute atomic E-state index is 0.0204. The van der Waals surface area contributed by atoms with Crippen LogP contribution in [-0.4, -0.2) is 121 Å². The second-order valence-electron chi connectivity index (χ2n) is 11.8. The molecule has 0 amide bonds. The number of hydrogen-bond acceptors (Lipinski definition) is 18. The number of hydrogen-bond donors (Lipinski definition) is 8. The molecule has 0 saturated heterocycles. The van der Waals surface area contributed by atoms with E-state index in [-0.39, 0.29) is 11.5 Å². The van der Waals surface area contributed by atoms with Gasteiger partial charge in [-0.15, -0.1) is 0 Å². The molecule has 8 N–H and O–H groups in total. The summed E-state index contributed by atoms with van der Waals surface area (Å²) >= 11 is 0. The van der Waals surface area contributed by atoms with Gasteiger partial charge in [0.25, 0.3) is 0 Å². The topological polar surface area (TPSA) is 227 Å². The van der Waals surface area contributed by atoms with Gasteiger partial charge in [0.15, 0.2) is 0 Å². The Morgan fingerprint density at radius 3 is 1.04 bits per heavy atom. The van der Waals surface area contributed by atoms with Crippen LogP contribution in [0.1, 0.15) is 36.8 Å². The summed E-state index contributed by atoms with van der Waals surface area (Å²) in [7, 11) is 6.63. The van der Waals surface area contributed by atoms with E-state index in [0.717, 1.165) is 25.7 Å². The molecule has 18 nitrogen and oxygen atoms in total. The highest BCUT2D eigenvalue weighted by Gasteiger charge is 2.11. The number of aromatic nitrogens is 6. The van der Waals surface area contributed by atoms with Crippen molar-refractivity contribution >= 4 is 59.2 Å². The van der Waals surface area contributed by atoms with Crippen LogP contribution in [0.4, 0.5) is 47.1 Å². The highest BCUT2D eigenvalue weighted by Crippen LogP contribution is 2.29. The lowest BCUT2D eigenvalue weighted by Gasteiger charge is -2.12. The minimum atomic E-state index is 0.0204. The molecule has 0 saturated carbocycles. The Morgan fingerprint density at radius 2 is 0.759 bits per heavy atom. The van der Waals surface area contributed by atoms with Gasteiger partial charge in [-0.05, 0) is 49.9 Å². The van der Waals surface area contributed by atoms with E-state index in [0.29, 0.717) is 111 Å². The van der Waals surface area contributed by atoms with Gasteiger partial charge in [-0.3, -0.25) is 0 Å². The van der Waals surface area contributed by atoms with Crippen LogP contribution in [0.3, 0.4) is 0 Å². The van der Waals surface area contributed by atoms with Crippen molar-refractivity contribution in [1.29, 1.82) is 0 Å². The molecule has 292 valence electrons. The maximum atomic E-state index is 10.9. The number of methoxy groups -OCH3 is 4. The number of phenolic OH excluding ortho intramolecular Hbond substituents is 2. The molecule has 0 aliphatic heterocycles. The van der Waals surface area contributed by atoms with E-state index in [9.17, 15) is 10.2 Å². The van der Waals surface area contributed by atoms with Crippen LogP contribution < -0.4 is 31.9 Å². The lowest BCUT2D eigenvalue weighted by Crippen LogP contribution is -2.14. The van der Waals surface area contributed by atoms with Gasteiger partial charge in [-0.1, -0.05) is 12.2 Å². The summed E-state index contributed by atoms with van der Waals surface area (Å²) in [4.78, 5) is 26.8. The van der Waals surface area contributed by atoms with Crippen LogP contribution >= 0.6 is 0 Å². The predicted molar refractivity (Wildman–Crippen MR) is 211 cm³/mol. The second kappa shape index (κ2) is 23.2. The Hall–Kier alpha value is -5.56. The van der Waals surface area contributed by atoms with E-state index >= 15 is 0 Å². The minimum Gasteiger partial charge on any atom is -0.507 e. The highest BCUT2D eigenvalue weighted by atomic mass is 16.5. The molecule has 2 aromatic carbocycles. The predicted octanol–water partition coefficient (Wildman–Crippen LogP) is 4.92. The van der Waals surface area contributed by atoms with Crippen molar-refractivity contribution in [2.24, 2.45) is 0 Å². The van der Waals surface area contributed by atoms with E-state index in [1.807, 2.05) is 0 Å². The summed E-state index contributed by atoms with van der Waals surface area (Å²) in [6.45, 7) is 4.94. The largest absolute Gasteiger partial charge is 0.507 e. The number of ether oxygens (including phenoxy) is 4. The van der Waals surface area contributed by atoms with Gasteiger partial charge in [-0.25, -0.2) is 0 Å². The van der Waals surface area contributed by atoms with Crippen LogP contribution in [0.2, 0.25) is 0 Å². The van der Waals surface area contributed by atoms with E-state index in [4.69, 9.17) is 18.9 Å². The van der Waals surface area contributed by atoms with Gasteiger partial charge < -0.3 is 61.1 Å². The summed E-state index contributed by atoms with van der Waals surface area (Å²) in [6, 6.07) is 10.2. The maximum Gasteiger partial charge on any atom is 0.233 e. The van der Waals surface area contributed by atoms with Crippen LogP contribution in [0.5, 0.6) is 11.5 Å². The molecule has 0 fully saturated rings. The van der Waals surface area contributed by atoms with Crippen molar-refractivity contribution in [2.45, 2.75) is 25.7 Å². The quantitative estimate of drug-likeness (QED) is 0.0315. The third kappa shape index (κ3) is 14.5. The van der Waals surface area contributed by atoms with Crippen LogP contribution in [0.25, 0.3) is 12.2 Å². The zero-order chi connectivity index (χ0) is 38.4. The molecule has 54 heavy (non-hydrogen) atoms. The average molecular weight is 749 g/mol. The van der Waals surface area contributed by atoms with Crippen molar-refractivity contribution in [3.05, 3.63) is 47.5 Å². The molecular weight excluding hydrogens is 696 g/mol. The molecule has 0 aliphatic rings. The number of nitrogens with zero attached hydrogens (tertiary/aromatic N) is 6. The number of nitrogens with one attached hydrogen (secondary N) is 6. The number of phenols is 2. The number of benzene rings is 2. The molecule has 18 heteroatoms. The van der Waals surface area contributed by atoms with E-state index in [2.05, 4.69) is 61.8 Å². The van der Waals surface area contributed by atoms with Crippen LogP contribution in [0.15, 0.2) is 36.4 Å². The summed E-state index contributed by atoms with van der Waals surface area (Å²) in [5, 5.41) is 40.8. The lowest BCUT2D eigenvalue weighted by molar-refractivity contribution is 0.197. The maximum absolute atomic E-state index is 10.9. The van der Waals surface area contributed by atoms with Crippen molar-refractivity contribution < 1.29 is 29.2 Å². The fourth-order valence-corrected chi connectivity index (χ4v) is 4.81. The van der Waals surface area contributed by atoms with Crippen LogP contribution in [0, 0.1) is 0 Å². The van der Waals surface area contributed by atoms with Crippen molar-refractivity contribution in [1.82, 2.24) is 29.9 Å². The molecule has 0 unspecified atom stereocenters. The van der Waals surface area contributed by atoms with Crippen molar-refractivity contribution in [2.75, 3.05) is 113 Å². The van der Waals surface area contributed by atoms with Crippen molar-refractivity contribution in [3.63, 3.8) is 0 Å². The van der Waals surface area contributed by atoms with Gasteiger partial charge in [0.05, 0.1) is 0 Å². The molecular formula is C36H52N12O6. The van der Waals surface area contributed by atoms with Gasteiger partial charge in [-0.2, -0.15) is 29.9 Å². The molecule has 0 bridgehead atoms. The van der Waals surface area contributed by atoms with Gasteiger partial charge >= 0.3 is 0 Å². The summed E-state index contributed by atoms with van der Waals surface area (Å²) in [5.74, 6) is 2.26. The molecule has 0 atom stereocenters. The third-order valence-corrected chi connectivity index (χ3v) is 7.52. The van der Waals surface area contributed by atoms with Gasteiger partial charge in [0.1, 0.15) is 11.5 Å². The molecule has 0 spiro atoms. The zero-order valence-electron chi connectivity index (χ0n) is 31.3. The Labute approximate surface area is 315 Å². The number of aromatic hydroxyl groups is 2. The first kappa shape index (κ1) is 41.2. The van der Waals surface area contributed by atoms with E-state index in [1.165, 1.54) is 0 Å². The first-order valence-corrected chi connectivity index (χ1v) is 17.7. The summed E-state index contributed by atoms with van der Waals surface area (Å²) < 4.78 is 20.5. The third-order valence-electron chi connectivity index (χ3n) is 7.52. The number of rotatable bonds is 26. The van der Waals surface area contributed by atoms with Gasteiger partial charge in [0.2, 0.25) is 35.7 Å². The van der Waals surface area contributed by atoms with Gasteiger partial charge in [0, 0.05) is 116 Å². The Morgan fingerprint density at radius 1 is 0.463 bits per heavy atom. The Bertz CT molecular complexity index is 1560. The molecule has 4 aromatic rings. The standard InChI is InChI=1S/C36H52N12O6/c1-51-19-5-15-37-31-43-32(38-16-6-20-52-2)46-35(45-31)41-27-13-11-25(29(49)23-27)9-10-26-12-14-28(24-30(26)50)42-36-47-33(39-17-7-21-53-3)44-34(48-36)40-18-8-22-54-4/h9-14,23-24,49-50H,5-8,15-22H2,1-4H3,(H3,37,38,41,43,45,46)(H3,39,40,42,44,47,48)/b10-9+. The lowest BCUT2D eigenvalue weighted by atomic mass is 10.1. The van der Waals surface area contributed by atoms with E-state index < -0.39 is 0 Å². The normalized spacial score (nSPS) is 11.1. The highest BCUT2D eigenvalue weighted by molar-refractivity contribution is 5.77. The zero-order valence-corrected chi connectivity index (χ0v) is 31.3. The van der Waals surface area contributed by atoms with Crippen LogP contribution in [-0.2, 0) is 18.9 Å². The van der Waals surface area contributed by atoms with Crippen molar-refractivity contribution in [3.8, 4) is 11.5 Å².